The van der Waals surface area contributed by atoms with Gasteiger partial charge in [-0.2, -0.15) is 0 Å². The number of halogens is 1. The number of nitrogens with one attached hydrogen (secondary N) is 1. The SMILES string of the molecule is CCCCCc1ccc(NC(=O)c2cccc(I)c2)cc1. The lowest BCUT2D eigenvalue weighted by Gasteiger charge is -2.07. The van der Waals surface area contributed by atoms with E-state index >= 15 is 0 Å². The molecule has 0 bridgehead atoms. The van der Waals surface area contributed by atoms with Gasteiger partial charge in [0.05, 0.1) is 0 Å². The normalized spacial score (nSPS) is 10.4. The molecule has 0 saturated carbocycles. The zero-order valence-electron chi connectivity index (χ0n) is 12.2. The Morgan fingerprint density at radius 1 is 1.10 bits per heavy atom. The Hall–Kier alpha value is -1.36. The highest BCUT2D eigenvalue weighted by Crippen LogP contribution is 2.14. The standard InChI is InChI=1S/C18H20INO/c1-2-3-4-6-14-9-11-17(12-10-14)20-18(21)15-7-5-8-16(19)13-15/h5,7-13H,2-4,6H2,1H3,(H,20,21). The van der Waals surface area contributed by atoms with Crippen molar-refractivity contribution in [2.75, 3.05) is 5.32 Å². The summed E-state index contributed by atoms with van der Waals surface area (Å²) < 4.78 is 1.06. The van der Waals surface area contributed by atoms with E-state index in [2.05, 4.69) is 47.0 Å². The van der Waals surface area contributed by atoms with Crippen molar-refractivity contribution in [3.05, 3.63) is 63.2 Å². The van der Waals surface area contributed by atoms with E-state index in [4.69, 9.17) is 0 Å². The fourth-order valence-electron chi connectivity index (χ4n) is 2.17. The summed E-state index contributed by atoms with van der Waals surface area (Å²) in [5.74, 6) is -0.0627. The van der Waals surface area contributed by atoms with Crippen LogP contribution in [0.15, 0.2) is 48.5 Å². The first-order chi connectivity index (χ1) is 10.2. The summed E-state index contributed by atoms with van der Waals surface area (Å²) in [6.45, 7) is 2.21. The summed E-state index contributed by atoms with van der Waals surface area (Å²) >= 11 is 2.21. The molecule has 0 fully saturated rings. The van der Waals surface area contributed by atoms with Gasteiger partial charge in [0.15, 0.2) is 0 Å². The van der Waals surface area contributed by atoms with Crippen LogP contribution in [-0.4, -0.2) is 5.91 Å². The molecule has 3 heteroatoms. The predicted molar refractivity (Wildman–Crippen MR) is 96.8 cm³/mol. The number of carbonyl (C=O) groups is 1. The maximum absolute atomic E-state index is 12.1. The molecule has 2 rings (SSSR count). The van der Waals surface area contributed by atoms with Crippen LogP contribution in [0.4, 0.5) is 5.69 Å². The highest BCUT2D eigenvalue weighted by molar-refractivity contribution is 14.1. The van der Waals surface area contributed by atoms with Gasteiger partial charge in [-0.1, -0.05) is 38.0 Å². The summed E-state index contributed by atoms with van der Waals surface area (Å²) in [4.78, 5) is 12.1. The molecule has 0 spiro atoms. The van der Waals surface area contributed by atoms with E-state index in [9.17, 15) is 4.79 Å². The average Bonchev–Trinajstić information content (AvgIpc) is 2.49. The van der Waals surface area contributed by atoms with Crippen LogP contribution in [0.1, 0.15) is 42.1 Å². The Bertz CT molecular complexity index is 592. The average molecular weight is 393 g/mol. The van der Waals surface area contributed by atoms with Crippen molar-refractivity contribution in [2.24, 2.45) is 0 Å². The highest BCUT2D eigenvalue weighted by atomic mass is 127. The summed E-state index contributed by atoms with van der Waals surface area (Å²) in [6.07, 6.45) is 4.85. The molecule has 0 atom stereocenters. The first-order valence-electron chi connectivity index (χ1n) is 7.35. The van der Waals surface area contributed by atoms with Crippen LogP contribution >= 0.6 is 22.6 Å². The largest absolute Gasteiger partial charge is 0.322 e. The van der Waals surface area contributed by atoms with Gasteiger partial charge in [0, 0.05) is 14.8 Å². The third kappa shape index (κ3) is 5.16. The molecule has 2 aromatic rings. The molecule has 0 saturated heterocycles. The molecule has 0 aromatic heterocycles. The zero-order chi connectivity index (χ0) is 15.1. The Labute approximate surface area is 140 Å². The fraction of sp³-hybridized carbons (Fsp3) is 0.278. The van der Waals surface area contributed by atoms with Crippen molar-refractivity contribution in [2.45, 2.75) is 32.6 Å². The van der Waals surface area contributed by atoms with Gasteiger partial charge in [-0.15, -0.1) is 0 Å². The first-order valence-corrected chi connectivity index (χ1v) is 8.43. The molecule has 0 aliphatic heterocycles. The minimum absolute atomic E-state index is 0.0627. The fourth-order valence-corrected chi connectivity index (χ4v) is 2.71. The van der Waals surface area contributed by atoms with E-state index in [1.807, 2.05) is 36.4 Å². The number of unbranched alkanes of at least 4 members (excludes halogenated alkanes) is 2. The van der Waals surface area contributed by atoms with Crippen molar-refractivity contribution in [1.29, 1.82) is 0 Å². The van der Waals surface area contributed by atoms with Gasteiger partial charge in [-0.3, -0.25) is 4.79 Å². The molecule has 0 unspecified atom stereocenters. The summed E-state index contributed by atoms with van der Waals surface area (Å²) in [5, 5.41) is 2.94. The number of anilines is 1. The minimum atomic E-state index is -0.0627. The Morgan fingerprint density at radius 3 is 2.52 bits per heavy atom. The van der Waals surface area contributed by atoms with Crippen molar-refractivity contribution in [3.63, 3.8) is 0 Å². The van der Waals surface area contributed by atoms with Gasteiger partial charge in [0.25, 0.3) is 5.91 Å². The van der Waals surface area contributed by atoms with Gasteiger partial charge in [-0.25, -0.2) is 0 Å². The Balaban J connectivity index is 1.95. The van der Waals surface area contributed by atoms with E-state index < -0.39 is 0 Å². The second kappa shape index (κ2) is 8.17. The second-order valence-corrected chi connectivity index (χ2v) is 6.36. The number of rotatable bonds is 6. The number of hydrogen-bond acceptors (Lipinski definition) is 1. The topological polar surface area (TPSA) is 29.1 Å². The molecule has 21 heavy (non-hydrogen) atoms. The highest BCUT2D eigenvalue weighted by Gasteiger charge is 2.06. The van der Waals surface area contributed by atoms with Gasteiger partial charge in [0.2, 0.25) is 0 Å². The number of amides is 1. The molecule has 1 amide bonds. The molecule has 2 nitrogen and oxygen atoms in total. The lowest BCUT2D eigenvalue weighted by atomic mass is 10.1. The zero-order valence-corrected chi connectivity index (χ0v) is 14.4. The molecule has 2 aromatic carbocycles. The van der Waals surface area contributed by atoms with E-state index in [0.717, 1.165) is 15.7 Å². The van der Waals surface area contributed by atoms with Crippen LogP contribution in [-0.2, 0) is 6.42 Å². The van der Waals surface area contributed by atoms with Crippen LogP contribution in [0, 0.1) is 3.57 Å². The second-order valence-electron chi connectivity index (χ2n) is 5.12. The van der Waals surface area contributed by atoms with E-state index in [-0.39, 0.29) is 5.91 Å². The summed E-state index contributed by atoms with van der Waals surface area (Å²) in [6, 6.07) is 15.7. The van der Waals surface area contributed by atoms with Gasteiger partial charge >= 0.3 is 0 Å². The molecule has 1 N–H and O–H groups in total. The van der Waals surface area contributed by atoms with Crippen LogP contribution in [0.3, 0.4) is 0 Å². The maximum Gasteiger partial charge on any atom is 0.255 e. The Kier molecular flexibility index (Phi) is 6.23. The molecule has 0 heterocycles. The van der Waals surface area contributed by atoms with Crippen molar-refractivity contribution < 1.29 is 4.79 Å². The van der Waals surface area contributed by atoms with Crippen molar-refractivity contribution in [1.82, 2.24) is 0 Å². The van der Waals surface area contributed by atoms with Gasteiger partial charge < -0.3 is 5.32 Å². The molecule has 0 radical (unpaired) electrons. The summed E-state index contributed by atoms with van der Waals surface area (Å²) in [7, 11) is 0. The van der Waals surface area contributed by atoms with Crippen LogP contribution in [0.2, 0.25) is 0 Å². The van der Waals surface area contributed by atoms with Crippen LogP contribution in [0.25, 0.3) is 0 Å². The smallest absolute Gasteiger partial charge is 0.255 e. The molecule has 0 aliphatic rings. The van der Waals surface area contributed by atoms with Crippen LogP contribution < -0.4 is 5.32 Å². The predicted octanol–water partition coefficient (Wildman–Crippen LogP) is 5.28. The number of aryl methyl sites for hydroxylation is 1. The molecular weight excluding hydrogens is 373 g/mol. The first kappa shape index (κ1) is 16.0. The minimum Gasteiger partial charge on any atom is -0.322 e. The van der Waals surface area contributed by atoms with Gasteiger partial charge in [-0.05, 0) is 71.3 Å². The third-order valence-corrected chi connectivity index (χ3v) is 4.04. The molecular formula is C18H20INO. The molecule has 110 valence electrons. The lowest BCUT2D eigenvalue weighted by Crippen LogP contribution is -2.11. The van der Waals surface area contributed by atoms with E-state index in [0.29, 0.717) is 5.56 Å². The maximum atomic E-state index is 12.1. The number of hydrogen-bond donors (Lipinski definition) is 1. The van der Waals surface area contributed by atoms with Crippen molar-refractivity contribution >= 4 is 34.2 Å². The quantitative estimate of drug-likeness (QED) is 0.525. The Morgan fingerprint density at radius 2 is 1.86 bits per heavy atom. The van der Waals surface area contributed by atoms with E-state index in [1.165, 1.54) is 24.8 Å². The number of carbonyl (C=O) groups excluding carboxylic acids is 1. The monoisotopic (exact) mass is 393 g/mol. The summed E-state index contributed by atoms with van der Waals surface area (Å²) in [5.41, 5.74) is 2.86. The molecule has 0 aliphatic carbocycles. The van der Waals surface area contributed by atoms with Crippen molar-refractivity contribution in [3.8, 4) is 0 Å². The third-order valence-electron chi connectivity index (χ3n) is 3.37. The lowest BCUT2D eigenvalue weighted by molar-refractivity contribution is 0.102. The van der Waals surface area contributed by atoms with Gasteiger partial charge in [0.1, 0.15) is 0 Å². The van der Waals surface area contributed by atoms with Crippen LogP contribution in [0.5, 0.6) is 0 Å². The number of benzene rings is 2. The van der Waals surface area contributed by atoms with E-state index in [1.54, 1.807) is 0 Å².